The van der Waals surface area contributed by atoms with Gasteiger partial charge in [-0.1, -0.05) is 6.07 Å². The standard InChI is InChI=1S/C18H22F3N5O2.ClH/c1-3-27-16-23-15(22-13-6-4-5-12(11-13)18(19,20)21)24-17(25-16)28-14-7-9-26(2)10-8-14;/h4-6,11,14H,3,7-10H2,1-2H3,(H,22,23,24,25);1H. The van der Waals surface area contributed by atoms with Crippen LogP contribution in [0.3, 0.4) is 0 Å². The molecular weight excluding hydrogens is 411 g/mol. The Morgan fingerprint density at radius 1 is 1.14 bits per heavy atom. The molecule has 0 amide bonds. The number of hydrogen-bond donors (Lipinski definition) is 1. The third-order valence-corrected chi connectivity index (χ3v) is 4.25. The average molecular weight is 434 g/mol. The molecule has 0 unspecified atom stereocenters. The summed E-state index contributed by atoms with van der Waals surface area (Å²) in [5.41, 5.74) is -0.562. The number of anilines is 2. The lowest BCUT2D eigenvalue weighted by Gasteiger charge is -2.28. The van der Waals surface area contributed by atoms with E-state index in [2.05, 4.69) is 25.2 Å². The maximum Gasteiger partial charge on any atom is 0.416 e. The molecule has 1 fully saturated rings. The van der Waals surface area contributed by atoms with Crippen LogP contribution in [0.5, 0.6) is 12.0 Å². The second kappa shape index (κ2) is 9.93. The quantitative estimate of drug-likeness (QED) is 0.740. The molecule has 1 aromatic carbocycles. The molecule has 160 valence electrons. The van der Waals surface area contributed by atoms with E-state index in [1.54, 1.807) is 6.92 Å². The van der Waals surface area contributed by atoms with Gasteiger partial charge in [-0.25, -0.2) is 0 Å². The van der Waals surface area contributed by atoms with E-state index in [1.165, 1.54) is 12.1 Å². The van der Waals surface area contributed by atoms with Crippen molar-refractivity contribution in [3.8, 4) is 12.0 Å². The molecule has 1 saturated heterocycles. The molecule has 1 aliphatic rings. The highest BCUT2D eigenvalue weighted by atomic mass is 35.5. The Balaban J connectivity index is 0.00000300. The number of alkyl halides is 3. The normalized spacial score (nSPS) is 15.5. The zero-order chi connectivity index (χ0) is 20.1. The lowest BCUT2D eigenvalue weighted by Crippen LogP contribution is -2.36. The molecule has 2 aromatic rings. The zero-order valence-corrected chi connectivity index (χ0v) is 16.9. The summed E-state index contributed by atoms with van der Waals surface area (Å²) >= 11 is 0. The fraction of sp³-hybridized carbons (Fsp3) is 0.500. The van der Waals surface area contributed by atoms with Gasteiger partial charge in [0.25, 0.3) is 0 Å². The third kappa shape index (κ3) is 6.60. The topological polar surface area (TPSA) is 72.4 Å². The summed E-state index contributed by atoms with van der Waals surface area (Å²) in [5, 5.41) is 2.77. The van der Waals surface area contributed by atoms with Crippen molar-refractivity contribution in [3.05, 3.63) is 29.8 Å². The van der Waals surface area contributed by atoms with Crippen molar-refractivity contribution in [3.63, 3.8) is 0 Å². The Morgan fingerprint density at radius 2 is 1.83 bits per heavy atom. The molecule has 0 bridgehead atoms. The van der Waals surface area contributed by atoms with Gasteiger partial charge in [-0.15, -0.1) is 17.4 Å². The fourth-order valence-corrected chi connectivity index (χ4v) is 2.79. The molecule has 0 atom stereocenters. The number of halogens is 4. The van der Waals surface area contributed by atoms with E-state index in [0.717, 1.165) is 38.1 Å². The number of piperidine rings is 1. The van der Waals surface area contributed by atoms with E-state index in [4.69, 9.17) is 9.47 Å². The Kier molecular flexibility index (Phi) is 7.86. The molecule has 1 N–H and O–H groups in total. The van der Waals surface area contributed by atoms with E-state index in [1.807, 2.05) is 7.05 Å². The van der Waals surface area contributed by atoms with Gasteiger partial charge in [0, 0.05) is 18.8 Å². The smallest absolute Gasteiger partial charge is 0.416 e. The minimum atomic E-state index is -4.43. The number of rotatable bonds is 6. The van der Waals surface area contributed by atoms with E-state index < -0.39 is 11.7 Å². The highest BCUT2D eigenvalue weighted by Gasteiger charge is 2.30. The molecule has 1 aromatic heterocycles. The van der Waals surface area contributed by atoms with E-state index in [-0.39, 0.29) is 42.2 Å². The first-order valence-electron chi connectivity index (χ1n) is 9.02. The van der Waals surface area contributed by atoms with Crippen molar-refractivity contribution in [1.82, 2.24) is 19.9 Å². The first kappa shape index (κ1) is 23.0. The van der Waals surface area contributed by atoms with Gasteiger partial charge in [0.15, 0.2) is 0 Å². The predicted molar refractivity (Wildman–Crippen MR) is 104 cm³/mol. The Hall–Kier alpha value is -2.33. The highest BCUT2D eigenvalue weighted by molar-refractivity contribution is 5.85. The zero-order valence-electron chi connectivity index (χ0n) is 16.1. The summed E-state index contributed by atoms with van der Waals surface area (Å²) in [6.07, 6.45) is -2.80. The second-order valence-corrected chi connectivity index (χ2v) is 6.48. The average Bonchev–Trinajstić information content (AvgIpc) is 2.63. The molecule has 3 rings (SSSR count). The summed E-state index contributed by atoms with van der Waals surface area (Å²) in [7, 11) is 2.05. The third-order valence-electron chi connectivity index (χ3n) is 4.25. The summed E-state index contributed by atoms with van der Waals surface area (Å²) in [5.74, 6) is 0.0562. The van der Waals surface area contributed by atoms with Gasteiger partial charge in [-0.05, 0) is 45.0 Å². The number of benzene rings is 1. The molecule has 11 heteroatoms. The number of nitrogens with zero attached hydrogens (tertiary/aromatic N) is 4. The number of aromatic nitrogens is 3. The van der Waals surface area contributed by atoms with E-state index >= 15 is 0 Å². The Morgan fingerprint density at radius 3 is 2.48 bits per heavy atom. The lowest BCUT2D eigenvalue weighted by atomic mass is 10.1. The summed E-state index contributed by atoms with van der Waals surface area (Å²) in [6.45, 7) is 3.93. The summed E-state index contributed by atoms with van der Waals surface area (Å²) in [6, 6.07) is 4.93. The molecule has 2 heterocycles. The summed E-state index contributed by atoms with van der Waals surface area (Å²) in [4.78, 5) is 14.6. The van der Waals surface area contributed by atoms with Gasteiger partial charge < -0.3 is 19.7 Å². The van der Waals surface area contributed by atoms with Crippen molar-refractivity contribution < 1.29 is 22.6 Å². The number of nitrogens with one attached hydrogen (secondary N) is 1. The van der Waals surface area contributed by atoms with Crippen LogP contribution in [0.2, 0.25) is 0 Å². The van der Waals surface area contributed by atoms with Crippen molar-refractivity contribution in [2.45, 2.75) is 32.0 Å². The lowest BCUT2D eigenvalue weighted by molar-refractivity contribution is -0.137. The van der Waals surface area contributed by atoms with Gasteiger partial charge in [0.05, 0.1) is 12.2 Å². The van der Waals surface area contributed by atoms with Crippen LogP contribution >= 0.6 is 12.4 Å². The van der Waals surface area contributed by atoms with Crippen LogP contribution in [-0.4, -0.2) is 52.7 Å². The Labute approximate surface area is 173 Å². The second-order valence-electron chi connectivity index (χ2n) is 6.48. The molecular formula is C18H23ClF3N5O2. The van der Waals surface area contributed by atoms with Crippen LogP contribution in [0.1, 0.15) is 25.3 Å². The van der Waals surface area contributed by atoms with Crippen LogP contribution in [0.4, 0.5) is 24.8 Å². The molecule has 0 radical (unpaired) electrons. The summed E-state index contributed by atoms with van der Waals surface area (Å²) < 4.78 is 49.9. The van der Waals surface area contributed by atoms with Crippen molar-refractivity contribution in [1.29, 1.82) is 0 Å². The molecule has 1 aliphatic heterocycles. The number of hydrogen-bond acceptors (Lipinski definition) is 7. The van der Waals surface area contributed by atoms with E-state index in [9.17, 15) is 13.2 Å². The molecule has 0 saturated carbocycles. The molecule has 0 spiro atoms. The van der Waals surface area contributed by atoms with Crippen molar-refractivity contribution >= 4 is 24.0 Å². The molecule has 29 heavy (non-hydrogen) atoms. The molecule has 0 aliphatic carbocycles. The van der Waals surface area contributed by atoms with Crippen LogP contribution in [0.25, 0.3) is 0 Å². The van der Waals surface area contributed by atoms with Crippen molar-refractivity contribution in [2.75, 3.05) is 32.1 Å². The predicted octanol–water partition coefficient (Wildman–Crippen LogP) is 3.93. The van der Waals surface area contributed by atoms with Crippen LogP contribution in [0, 0.1) is 0 Å². The minimum absolute atomic E-state index is 0. The monoisotopic (exact) mass is 433 g/mol. The number of likely N-dealkylation sites (tertiary alicyclic amines) is 1. The van der Waals surface area contributed by atoms with Crippen LogP contribution in [-0.2, 0) is 6.18 Å². The maximum absolute atomic E-state index is 12.9. The van der Waals surface area contributed by atoms with Gasteiger partial charge in [0.2, 0.25) is 5.95 Å². The van der Waals surface area contributed by atoms with Gasteiger partial charge in [-0.2, -0.15) is 23.1 Å². The Bertz CT molecular complexity index is 801. The van der Waals surface area contributed by atoms with Gasteiger partial charge >= 0.3 is 18.2 Å². The fourth-order valence-electron chi connectivity index (χ4n) is 2.79. The first-order chi connectivity index (χ1) is 13.3. The SMILES string of the molecule is CCOc1nc(Nc2cccc(C(F)(F)F)c2)nc(OC2CCN(C)CC2)n1.Cl. The van der Waals surface area contributed by atoms with E-state index in [0.29, 0.717) is 6.61 Å². The largest absolute Gasteiger partial charge is 0.464 e. The van der Waals surface area contributed by atoms with Gasteiger partial charge in [-0.3, -0.25) is 0 Å². The van der Waals surface area contributed by atoms with Crippen LogP contribution in [0.15, 0.2) is 24.3 Å². The number of ether oxygens (including phenoxy) is 2. The minimum Gasteiger partial charge on any atom is -0.464 e. The highest BCUT2D eigenvalue weighted by Crippen LogP contribution is 2.31. The first-order valence-corrected chi connectivity index (χ1v) is 9.02. The van der Waals surface area contributed by atoms with Crippen molar-refractivity contribution in [2.24, 2.45) is 0 Å². The maximum atomic E-state index is 12.9. The van der Waals surface area contributed by atoms with Gasteiger partial charge in [0.1, 0.15) is 6.10 Å². The molecule has 7 nitrogen and oxygen atoms in total. The van der Waals surface area contributed by atoms with Crippen LogP contribution < -0.4 is 14.8 Å².